The van der Waals surface area contributed by atoms with E-state index >= 15 is 0 Å². The fourth-order valence-electron chi connectivity index (χ4n) is 15.2. The van der Waals surface area contributed by atoms with Gasteiger partial charge < -0.3 is 27.9 Å². The molecule has 15 aromatic rings. The van der Waals surface area contributed by atoms with Crippen molar-refractivity contribution in [3.05, 3.63) is 277 Å². The minimum atomic E-state index is -0.415. The van der Waals surface area contributed by atoms with Gasteiger partial charge in [0.25, 0.3) is 0 Å². The fraction of sp³-hybridized carbons (Fsp3) is 0.178. The lowest BCUT2D eigenvalue weighted by Gasteiger charge is -2.46. The van der Waals surface area contributed by atoms with Crippen molar-refractivity contribution in [3.8, 4) is 44.7 Å². The molecule has 0 N–H and O–H groups in total. The van der Waals surface area contributed by atoms with E-state index in [9.17, 15) is 0 Å². The van der Waals surface area contributed by atoms with Gasteiger partial charge in [-0.05, 0) is 163 Å². The molecule has 0 fully saturated rings. The Bertz CT molecular complexity index is 5540. The zero-order valence-corrected chi connectivity index (χ0v) is 57.4. The topological polar surface area (TPSA) is 49.1 Å². The first-order chi connectivity index (χ1) is 46.6. The number of anilines is 8. The largest absolute Gasteiger partial charge is 0.456 e. The van der Waals surface area contributed by atoms with Crippen molar-refractivity contribution in [1.29, 1.82) is 0 Å². The number of benzene rings is 12. The van der Waals surface area contributed by atoms with Gasteiger partial charge >= 0.3 is 6.85 Å². The molecule has 0 amide bonds. The molecule has 0 radical (unpaired) electrons. The number of furan rings is 3. The smallest absolute Gasteiger partial charge is 0.333 e. The Kier molecular flexibility index (Phi) is 13.5. The molecule has 6 nitrogen and oxygen atoms in total. The highest BCUT2D eigenvalue weighted by Crippen LogP contribution is 2.55. The highest BCUT2D eigenvalue weighted by atomic mass is 16.3. The predicted octanol–water partition coefficient (Wildman–Crippen LogP) is 24.6. The van der Waals surface area contributed by atoms with Crippen LogP contribution in [0.4, 0.5) is 45.5 Å². The molecule has 12 aromatic carbocycles. The first kappa shape index (κ1) is 59.9. The number of hydrogen-bond donors (Lipinski definition) is 0. The number of nitrogens with zero attached hydrogens (tertiary/aromatic N) is 3. The molecule has 5 heterocycles. The van der Waals surface area contributed by atoms with E-state index in [4.69, 9.17) is 13.3 Å². The molecule has 0 aliphatic carbocycles. The zero-order chi connectivity index (χ0) is 66.6. The summed E-state index contributed by atoms with van der Waals surface area (Å²) in [6.45, 7) is 27.0. The Morgan fingerprint density at radius 1 is 0.330 bits per heavy atom. The molecule has 0 saturated carbocycles. The second-order valence-electron chi connectivity index (χ2n) is 30.9. The molecule has 0 unspecified atom stereocenters. The summed E-state index contributed by atoms with van der Waals surface area (Å²) in [4.78, 5) is 7.51. The monoisotopic (exact) mass is 1260 g/mol. The summed E-state index contributed by atoms with van der Waals surface area (Å²) in [5.41, 5.74) is 27.1. The van der Waals surface area contributed by atoms with Crippen LogP contribution in [-0.2, 0) is 21.7 Å². The van der Waals surface area contributed by atoms with Crippen LogP contribution in [0.5, 0.6) is 0 Å². The van der Waals surface area contributed by atoms with E-state index in [1.165, 1.54) is 22.3 Å². The van der Waals surface area contributed by atoms with Gasteiger partial charge in [0.05, 0.1) is 11.4 Å². The standard InChI is InChI=1S/C90H78BN3O3/c1-87(2,3)58-32-39-62(40-33-58)92(63-41-34-59(35-42-63)88(4,5)6)65-45-46-67-70-50-69-71-51-72-66-30-22-23-31-78(66)96-86(72)84-83(71)91(94(76(69)54-81(70)95-79(67)49-65)64-43-36-60(37-44-64)89(7,8)9)74-53-80-73(82(56-26-18-14-19-27-56)85(97-80)57-28-20-15-21-29-57)52-77(74)93(84)75-47-38-61(90(10,11)12)48-68(75)55-24-16-13-17-25-55/h13-54H,1-12H3. The van der Waals surface area contributed by atoms with Gasteiger partial charge in [0.1, 0.15) is 28.1 Å². The van der Waals surface area contributed by atoms with Crippen LogP contribution in [-0.4, -0.2) is 6.85 Å². The summed E-state index contributed by atoms with van der Waals surface area (Å²) in [6, 6.07) is 94.2. The number of hydrogen-bond acceptors (Lipinski definition) is 6. The van der Waals surface area contributed by atoms with Gasteiger partial charge in [0, 0.05) is 95.4 Å². The fourth-order valence-corrected chi connectivity index (χ4v) is 15.2. The molecule has 3 aromatic heterocycles. The van der Waals surface area contributed by atoms with Crippen molar-refractivity contribution >= 4 is 118 Å². The first-order valence-electron chi connectivity index (χ1n) is 34.2. The van der Waals surface area contributed by atoms with Crippen LogP contribution < -0.4 is 25.5 Å². The third-order valence-electron chi connectivity index (χ3n) is 20.5. The molecule has 0 spiro atoms. The summed E-state index contributed by atoms with van der Waals surface area (Å²) in [5, 5.41) is 5.21. The van der Waals surface area contributed by atoms with Crippen molar-refractivity contribution in [2.24, 2.45) is 0 Å². The maximum atomic E-state index is 7.49. The minimum Gasteiger partial charge on any atom is -0.456 e. The van der Waals surface area contributed by atoms with Crippen LogP contribution in [0.25, 0.3) is 99.6 Å². The molecule has 2 aliphatic rings. The third kappa shape index (κ3) is 9.90. The second-order valence-corrected chi connectivity index (χ2v) is 30.9. The van der Waals surface area contributed by atoms with E-state index in [0.29, 0.717) is 0 Å². The number of fused-ring (bicyclic) bond motifs is 12. The average molecular weight is 1260 g/mol. The van der Waals surface area contributed by atoms with Crippen molar-refractivity contribution in [2.75, 3.05) is 14.6 Å². The van der Waals surface area contributed by atoms with Crippen LogP contribution in [0.3, 0.4) is 0 Å². The van der Waals surface area contributed by atoms with Gasteiger partial charge in [0.15, 0.2) is 5.58 Å². The predicted molar refractivity (Wildman–Crippen MR) is 410 cm³/mol. The van der Waals surface area contributed by atoms with Crippen LogP contribution in [0, 0.1) is 0 Å². The molecule has 97 heavy (non-hydrogen) atoms. The van der Waals surface area contributed by atoms with Crippen LogP contribution in [0.1, 0.15) is 105 Å². The van der Waals surface area contributed by atoms with Crippen molar-refractivity contribution < 1.29 is 13.3 Å². The summed E-state index contributed by atoms with van der Waals surface area (Å²) in [6.07, 6.45) is 0. The Balaban J connectivity index is 0.982. The summed E-state index contributed by atoms with van der Waals surface area (Å²) >= 11 is 0. The Morgan fingerprint density at radius 3 is 1.46 bits per heavy atom. The van der Waals surface area contributed by atoms with Gasteiger partial charge in [-0.25, -0.2) is 0 Å². The SMILES string of the molecule is CC(C)(C)c1ccc(N2B3c4cc5oc(-c6ccccc6)c(-c6ccccc6)c5cc4N(c4ccc(C(C)(C)C)cc4-c4ccccc4)c4c3c(cc3c4oc4ccccc43)-c3cc4c(cc32)oc2cc(N(c3ccc(C(C)(C)C)cc3)c3ccc(C(C)(C)C)cc3)ccc24)cc1. The summed E-state index contributed by atoms with van der Waals surface area (Å²) in [7, 11) is 0. The minimum absolute atomic E-state index is 0.00577. The van der Waals surface area contributed by atoms with E-state index in [2.05, 4.69) is 352 Å². The lowest BCUT2D eigenvalue weighted by molar-refractivity contribution is 0.590. The molecule has 474 valence electrons. The van der Waals surface area contributed by atoms with E-state index in [1.54, 1.807) is 0 Å². The van der Waals surface area contributed by atoms with Gasteiger partial charge in [-0.3, -0.25) is 0 Å². The molecule has 0 bridgehead atoms. The molecular formula is C90H78BN3O3. The average Bonchev–Trinajstić information content (AvgIpc) is 1.67. The second kappa shape index (κ2) is 21.9. The Hall–Kier alpha value is -10.8. The van der Waals surface area contributed by atoms with Gasteiger partial charge in [-0.2, -0.15) is 0 Å². The summed E-state index contributed by atoms with van der Waals surface area (Å²) in [5.74, 6) is 0.826. The van der Waals surface area contributed by atoms with Gasteiger partial charge in [0.2, 0.25) is 0 Å². The van der Waals surface area contributed by atoms with Crippen molar-refractivity contribution in [2.45, 2.75) is 105 Å². The molecule has 17 rings (SSSR count). The van der Waals surface area contributed by atoms with Crippen molar-refractivity contribution in [3.63, 3.8) is 0 Å². The highest BCUT2D eigenvalue weighted by Gasteiger charge is 2.48. The quantitative estimate of drug-likeness (QED) is 0.141. The molecule has 0 saturated heterocycles. The normalized spacial score (nSPS) is 13.3. The summed E-state index contributed by atoms with van der Waals surface area (Å²) < 4.78 is 22.3. The van der Waals surface area contributed by atoms with E-state index in [1.807, 2.05) is 0 Å². The molecule has 0 atom stereocenters. The van der Waals surface area contributed by atoms with E-state index in [0.717, 1.165) is 156 Å². The van der Waals surface area contributed by atoms with Crippen LogP contribution in [0.15, 0.2) is 268 Å². The third-order valence-corrected chi connectivity index (χ3v) is 20.5. The maximum Gasteiger partial charge on any atom is 0.333 e. The molecule has 2 aliphatic heterocycles. The first-order valence-corrected chi connectivity index (χ1v) is 34.2. The lowest BCUT2D eigenvalue weighted by atomic mass is 9.43. The zero-order valence-electron chi connectivity index (χ0n) is 57.4. The lowest BCUT2D eigenvalue weighted by Crippen LogP contribution is -2.61. The highest BCUT2D eigenvalue weighted by molar-refractivity contribution is 6.94. The van der Waals surface area contributed by atoms with E-state index in [-0.39, 0.29) is 21.7 Å². The molecule has 7 heteroatoms. The van der Waals surface area contributed by atoms with Gasteiger partial charge in [-0.1, -0.05) is 235 Å². The Morgan fingerprint density at radius 2 is 0.845 bits per heavy atom. The number of para-hydroxylation sites is 1. The molecular weight excluding hydrogens is 1180 g/mol. The number of rotatable bonds is 8. The van der Waals surface area contributed by atoms with Gasteiger partial charge in [-0.15, -0.1) is 0 Å². The van der Waals surface area contributed by atoms with Crippen molar-refractivity contribution in [1.82, 2.24) is 0 Å². The van der Waals surface area contributed by atoms with Crippen LogP contribution >= 0.6 is 0 Å². The maximum absolute atomic E-state index is 7.49. The van der Waals surface area contributed by atoms with Crippen LogP contribution in [0.2, 0.25) is 0 Å². The van der Waals surface area contributed by atoms with E-state index < -0.39 is 6.85 Å². The Labute approximate surface area is 569 Å².